The van der Waals surface area contributed by atoms with Crippen LogP contribution in [0.25, 0.3) is 0 Å². The lowest BCUT2D eigenvalue weighted by molar-refractivity contribution is -0.133. The Morgan fingerprint density at radius 1 is 1.25 bits per heavy atom. The lowest BCUT2D eigenvalue weighted by atomic mass is 10.0. The maximum atomic E-state index is 12.2. The zero-order valence-electron chi connectivity index (χ0n) is 13.8. The summed E-state index contributed by atoms with van der Waals surface area (Å²) in [4.78, 5) is 26.2. The fourth-order valence-electron chi connectivity index (χ4n) is 3.12. The molecular weight excluding hydrogens is 308 g/mol. The third-order valence-electron chi connectivity index (χ3n) is 4.52. The van der Waals surface area contributed by atoms with E-state index in [0.29, 0.717) is 25.4 Å². The monoisotopic (exact) mass is 332 g/mol. The van der Waals surface area contributed by atoms with E-state index >= 15 is 0 Å². The zero-order valence-corrected chi connectivity index (χ0v) is 13.8. The Labute approximate surface area is 142 Å². The van der Waals surface area contributed by atoms with Crippen LogP contribution < -0.4 is 10.1 Å². The molecule has 2 heterocycles. The molecule has 2 atom stereocenters. The van der Waals surface area contributed by atoms with E-state index in [-0.39, 0.29) is 30.4 Å². The second kappa shape index (κ2) is 8.15. The molecule has 0 saturated carbocycles. The number of hydrogen-bond donors (Lipinski definition) is 1. The maximum Gasteiger partial charge on any atom is 0.260 e. The van der Waals surface area contributed by atoms with E-state index in [1.807, 2.05) is 30.3 Å². The van der Waals surface area contributed by atoms with Gasteiger partial charge in [0.25, 0.3) is 5.91 Å². The number of nitrogens with zero attached hydrogens (tertiary/aromatic N) is 1. The van der Waals surface area contributed by atoms with Gasteiger partial charge in [0.1, 0.15) is 5.75 Å². The summed E-state index contributed by atoms with van der Waals surface area (Å²) in [7, 11) is 0. The maximum absolute atomic E-state index is 12.2. The normalized spacial score (nSPS) is 23.8. The number of nitrogens with one attached hydrogen (secondary N) is 1. The van der Waals surface area contributed by atoms with E-state index in [2.05, 4.69) is 5.32 Å². The van der Waals surface area contributed by atoms with E-state index < -0.39 is 0 Å². The first-order valence-corrected chi connectivity index (χ1v) is 8.56. The molecule has 2 amide bonds. The van der Waals surface area contributed by atoms with E-state index in [0.717, 1.165) is 25.9 Å². The predicted octanol–water partition coefficient (Wildman–Crippen LogP) is 1.21. The summed E-state index contributed by atoms with van der Waals surface area (Å²) in [6.07, 6.45) is 2.60. The predicted molar refractivity (Wildman–Crippen MR) is 88.6 cm³/mol. The van der Waals surface area contributed by atoms with Crippen LogP contribution in [-0.4, -0.2) is 55.7 Å². The minimum absolute atomic E-state index is 0.0279. The van der Waals surface area contributed by atoms with Crippen LogP contribution in [0.3, 0.4) is 0 Å². The molecule has 130 valence electrons. The Morgan fingerprint density at radius 3 is 2.83 bits per heavy atom. The zero-order chi connectivity index (χ0) is 16.8. The minimum Gasteiger partial charge on any atom is -0.484 e. The van der Waals surface area contributed by atoms with Crippen LogP contribution in [0.4, 0.5) is 0 Å². The Bertz CT molecular complexity index is 557. The van der Waals surface area contributed by atoms with Crippen LogP contribution in [0.1, 0.15) is 19.3 Å². The SMILES string of the molecule is O=C(N[C@H]1CCN(C(=O)COc2ccccc2)C1)[C@@H]1CCCOC1. The van der Waals surface area contributed by atoms with E-state index in [9.17, 15) is 9.59 Å². The van der Waals surface area contributed by atoms with Crippen molar-refractivity contribution in [2.75, 3.05) is 32.9 Å². The summed E-state index contributed by atoms with van der Waals surface area (Å²) in [5.74, 6) is 0.642. The topological polar surface area (TPSA) is 67.9 Å². The van der Waals surface area contributed by atoms with Gasteiger partial charge in [-0.25, -0.2) is 0 Å². The molecule has 2 aliphatic rings. The molecule has 6 nitrogen and oxygen atoms in total. The average Bonchev–Trinajstić information content (AvgIpc) is 3.10. The number of likely N-dealkylation sites (tertiary alicyclic amines) is 1. The number of carbonyl (C=O) groups excluding carboxylic acids is 2. The number of ether oxygens (including phenoxy) is 2. The molecule has 0 aliphatic carbocycles. The highest BCUT2D eigenvalue weighted by Crippen LogP contribution is 2.16. The van der Waals surface area contributed by atoms with Crippen molar-refractivity contribution in [2.24, 2.45) is 5.92 Å². The van der Waals surface area contributed by atoms with Crippen LogP contribution in [-0.2, 0) is 14.3 Å². The number of para-hydroxylation sites is 1. The molecule has 0 spiro atoms. The summed E-state index contributed by atoms with van der Waals surface area (Å²) >= 11 is 0. The molecule has 0 bridgehead atoms. The smallest absolute Gasteiger partial charge is 0.260 e. The van der Waals surface area contributed by atoms with Gasteiger partial charge < -0.3 is 19.7 Å². The summed E-state index contributed by atoms with van der Waals surface area (Å²) in [6.45, 7) is 2.49. The van der Waals surface area contributed by atoms with Crippen LogP contribution in [0, 0.1) is 5.92 Å². The van der Waals surface area contributed by atoms with Gasteiger partial charge in [0.05, 0.1) is 12.5 Å². The van der Waals surface area contributed by atoms with Gasteiger partial charge >= 0.3 is 0 Å². The second-order valence-electron chi connectivity index (χ2n) is 6.35. The number of hydrogen-bond acceptors (Lipinski definition) is 4. The van der Waals surface area contributed by atoms with Crippen molar-refractivity contribution < 1.29 is 19.1 Å². The lowest BCUT2D eigenvalue weighted by Crippen LogP contribution is -2.43. The molecule has 0 unspecified atom stereocenters. The highest BCUT2D eigenvalue weighted by molar-refractivity contribution is 5.80. The fraction of sp³-hybridized carbons (Fsp3) is 0.556. The lowest BCUT2D eigenvalue weighted by Gasteiger charge is -2.23. The van der Waals surface area contributed by atoms with Crippen molar-refractivity contribution in [3.05, 3.63) is 30.3 Å². The van der Waals surface area contributed by atoms with E-state index in [4.69, 9.17) is 9.47 Å². The molecule has 0 radical (unpaired) electrons. The molecule has 1 N–H and O–H groups in total. The minimum atomic E-state index is -0.0510. The first-order chi connectivity index (χ1) is 11.7. The number of amides is 2. The van der Waals surface area contributed by atoms with Gasteiger partial charge in [-0.15, -0.1) is 0 Å². The van der Waals surface area contributed by atoms with Gasteiger partial charge in [0, 0.05) is 25.7 Å². The van der Waals surface area contributed by atoms with Gasteiger partial charge in [0.2, 0.25) is 5.91 Å². The first kappa shape index (κ1) is 16.8. The first-order valence-electron chi connectivity index (χ1n) is 8.56. The number of benzene rings is 1. The molecule has 1 aromatic rings. The molecular formula is C18H24N2O4. The van der Waals surface area contributed by atoms with Crippen LogP contribution in [0.5, 0.6) is 5.75 Å². The van der Waals surface area contributed by atoms with Crippen molar-refractivity contribution in [1.29, 1.82) is 0 Å². The van der Waals surface area contributed by atoms with Crippen molar-refractivity contribution in [1.82, 2.24) is 10.2 Å². The molecule has 6 heteroatoms. The van der Waals surface area contributed by atoms with Crippen LogP contribution in [0.2, 0.25) is 0 Å². The Morgan fingerprint density at radius 2 is 2.08 bits per heavy atom. The summed E-state index contributed by atoms with van der Waals surface area (Å²) in [6, 6.07) is 9.32. The second-order valence-corrected chi connectivity index (χ2v) is 6.35. The standard InChI is InChI=1S/C18H24N2O4/c21-17(13-24-16-6-2-1-3-7-16)20-9-8-15(11-20)19-18(22)14-5-4-10-23-12-14/h1-3,6-7,14-15H,4-5,8-13H2,(H,19,22)/t14-,15+/m1/s1. The van der Waals surface area contributed by atoms with Gasteiger partial charge in [-0.1, -0.05) is 18.2 Å². The summed E-state index contributed by atoms with van der Waals surface area (Å²) in [5.41, 5.74) is 0. The van der Waals surface area contributed by atoms with Crippen LogP contribution in [0.15, 0.2) is 30.3 Å². The van der Waals surface area contributed by atoms with Gasteiger partial charge in [-0.3, -0.25) is 9.59 Å². The Balaban J connectivity index is 1.41. The molecule has 24 heavy (non-hydrogen) atoms. The number of carbonyl (C=O) groups is 2. The van der Waals surface area contributed by atoms with Gasteiger partial charge in [0.15, 0.2) is 6.61 Å². The summed E-state index contributed by atoms with van der Waals surface area (Å²) < 4.78 is 10.9. The molecule has 2 aliphatic heterocycles. The van der Waals surface area contributed by atoms with Gasteiger partial charge in [-0.05, 0) is 31.4 Å². The Hall–Kier alpha value is -2.08. The van der Waals surface area contributed by atoms with Crippen molar-refractivity contribution in [3.63, 3.8) is 0 Å². The molecule has 2 saturated heterocycles. The van der Waals surface area contributed by atoms with Gasteiger partial charge in [-0.2, -0.15) is 0 Å². The molecule has 1 aromatic carbocycles. The molecule has 2 fully saturated rings. The summed E-state index contributed by atoms with van der Waals surface area (Å²) in [5, 5.41) is 3.05. The largest absolute Gasteiger partial charge is 0.484 e. The highest BCUT2D eigenvalue weighted by Gasteiger charge is 2.30. The Kier molecular flexibility index (Phi) is 5.69. The highest BCUT2D eigenvalue weighted by atomic mass is 16.5. The number of rotatable bonds is 5. The molecule has 3 rings (SSSR count). The third kappa shape index (κ3) is 4.47. The quantitative estimate of drug-likeness (QED) is 0.880. The van der Waals surface area contributed by atoms with Crippen molar-refractivity contribution >= 4 is 11.8 Å². The van der Waals surface area contributed by atoms with Crippen molar-refractivity contribution in [3.8, 4) is 5.75 Å². The van der Waals surface area contributed by atoms with Crippen LogP contribution >= 0.6 is 0 Å². The third-order valence-corrected chi connectivity index (χ3v) is 4.52. The fourth-order valence-corrected chi connectivity index (χ4v) is 3.12. The molecule has 0 aromatic heterocycles. The average molecular weight is 332 g/mol. The van der Waals surface area contributed by atoms with E-state index in [1.54, 1.807) is 4.90 Å². The van der Waals surface area contributed by atoms with Crippen molar-refractivity contribution in [2.45, 2.75) is 25.3 Å². The van der Waals surface area contributed by atoms with E-state index in [1.165, 1.54) is 0 Å².